The molecule has 4 nitrogen and oxygen atoms in total. The summed E-state index contributed by atoms with van der Waals surface area (Å²) < 4.78 is 26.6. The molecule has 2 rings (SSSR count). The van der Waals surface area contributed by atoms with Crippen LogP contribution in [0.2, 0.25) is 5.02 Å². The molecule has 0 atom stereocenters. The largest absolute Gasteiger partial charge is 0.341 e. The van der Waals surface area contributed by atoms with Gasteiger partial charge in [0.2, 0.25) is 0 Å². The van der Waals surface area contributed by atoms with Crippen LogP contribution in [0, 0.1) is 0 Å². The molecule has 14 heavy (non-hydrogen) atoms. The van der Waals surface area contributed by atoms with Gasteiger partial charge in [0.25, 0.3) is 10.0 Å². The molecule has 1 aromatic carbocycles. The molecule has 6 heteroatoms. The van der Waals surface area contributed by atoms with Crippen molar-refractivity contribution in [1.82, 2.24) is 0 Å². The number of amidine groups is 1. The molecule has 0 aliphatic carbocycles. The average Bonchev–Trinajstić information content (AvgIpc) is 2.05. The Labute approximate surface area is 86.7 Å². The summed E-state index contributed by atoms with van der Waals surface area (Å²) in [6.45, 7) is 1.57. The fraction of sp³-hybridized carbons (Fsp3) is 0.125. The Kier molecular flexibility index (Phi) is 2.01. The van der Waals surface area contributed by atoms with Gasteiger partial charge in [-0.15, -0.1) is 4.40 Å². The number of anilines is 1. The second-order valence-electron chi connectivity index (χ2n) is 2.89. The van der Waals surface area contributed by atoms with Crippen molar-refractivity contribution in [3.63, 3.8) is 0 Å². The number of fused-ring (bicyclic) bond motifs is 1. The monoisotopic (exact) mass is 230 g/mol. The predicted molar refractivity (Wildman–Crippen MR) is 55.4 cm³/mol. The van der Waals surface area contributed by atoms with Crippen LogP contribution in [-0.4, -0.2) is 14.3 Å². The van der Waals surface area contributed by atoms with Crippen LogP contribution in [0.25, 0.3) is 0 Å². The normalized spacial score (nSPS) is 18.0. The molecule has 0 saturated heterocycles. The Hall–Kier alpha value is -1.07. The molecule has 1 aromatic rings. The Bertz CT molecular complexity index is 522. The van der Waals surface area contributed by atoms with Crippen LogP contribution in [-0.2, 0) is 10.0 Å². The fourth-order valence-electron chi connectivity index (χ4n) is 1.27. The quantitative estimate of drug-likeness (QED) is 0.740. The van der Waals surface area contributed by atoms with Gasteiger partial charge in [-0.25, -0.2) is 0 Å². The van der Waals surface area contributed by atoms with Gasteiger partial charge in [0.1, 0.15) is 10.7 Å². The smallest absolute Gasteiger partial charge is 0.286 e. The molecule has 0 radical (unpaired) electrons. The van der Waals surface area contributed by atoms with E-state index in [1.807, 2.05) is 0 Å². The van der Waals surface area contributed by atoms with Gasteiger partial charge >= 0.3 is 0 Å². The van der Waals surface area contributed by atoms with Crippen LogP contribution < -0.4 is 5.32 Å². The molecule has 0 amide bonds. The van der Waals surface area contributed by atoms with Crippen molar-refractivity contribution in [2.24, 2.45) is 4.40 Å². The van der Waals surface area contributed by atoms with Crippen molar-refractivity contribution in [3.8, 4) is 0 Å². The molecule has 1 aliphatic rings. The summed E-state index contributed by atoms with van der Waals surface area (Å²) in [6, 6.07) is 4.68. The van der Waals surface area contributed by atoms with Gasteiger partial charge in [-0.3, -0.25) is 0 Å². The number of para-hydroxylation sites is 1. The number of nitrogens with zero attached hydrogens (tertiary/aromatic N) is 1. The number of rotatable bonds is 0. The van der Waals surface area contributed by atoms with Gasteiger partial charge in [-0.2, -0.15) is 8.42 Å². The van der Waals surface area contributed by atoms with Crippen molar-refractivity contribution >= 4 is 33.1 Å². The number of hydrogen-bond acceptors (Lipinski definition) is 3. The summed E-state index contributed by atoms with van der Waals surface area (Å²) >= 11 is 5.85. The lowest BCUT2D eigenvalue weighted by atomic mass is 10.3. The summed E-state index contributed by atoms with van der Waals surface area (Å²) in [5.41, 5.74) is 0.404. The van der Waals surface area contributed by atoms with E-state index in [0.717, 1.165) is 0 Å². The van der Waals surface area contributed by atoms with Crippen LogP contribution in [0.5, 0.6) is 0 Å². The Morgan fingerprint density at radius 3 is 2.86 bits per heavy atom. The minimum atomic E-state index is -3.57. The molecule has 0 saturated carbocycles. The van der Waals surface area contributed by atoms with E-state index in [1.165, 1.54) is 6.07 Å². The lowest BCUT2D eigenvalue weighted by molar-refractivity contribution is 0.598. The molecule has 0 bridgehead atoms. The van der Waals surface area contributed by atoms with Crippen molar-refractivity contribution in [2.75, 3.05) is 5.32 Å². The first-order chi connectivity index (χ1) is 6.50. The topological polar surface area (TPSA) is 58.5 Å². The molecule has 0 fully saturated rings. The summed E-state index contributed by atoms with van der Waals surface area (Å²) in [7, 11) is -3.57. The van der Waals surface area contributed by atoms with E-state index in [0.29, 0.717) is 16.5 Å². The number of sulfonamides is 1. The van der Waals surface area contributed by atoms with Crippen molar-refractivity contribution in [1.29, 1.82) is 0 Å². The summed E-state index contributed by atoms with van der Waals surface area (Å²) in [6.07, 6.45) is 0. The second-order valence-corrected chi connectivity index (χ2v) is 4.87. The highest BCUT2D eigenvalue weighted by Gasteiger charge is 2.24. The number of halogens is 1. The zero-order valence-electron chi connectivity index (χ0n) is 7.28. The van der Waals surface area contributed by atoms with Crippen LogP contribution in [0.15, 0.2) is 27.5 Å². The summed E-state index contributed by atoms with van der Waals surface area (Å²) in [5, 5.41) is 3.20. The van der Waals surface area contributed by atoms with Gasteiger partial charge in [0, 0.05) is 0 Å². The molecule has 0 unspecified atom stereocenters. The van der Waals surface area contributed by atoms with E-state index in [9.17, 15) is 8.42 Å². The fourth-order valence-corrected chi connectivity index (χ4v) is 2.73. The molecule has 1 aliphatic heterocycles. The molecular formula is C8H7ClN2O2S. The highest BCUT2D eigenvalue weighted by atomic mass is 35.5. The third-order valence-electron chi connectivity index (χ3n) is 1.82. The van der Waals surface area contributed by atoms with Gasteiger partial charge in [0.05, 0.1) is 10.7 Å². The molecule has 1 N–H and O–H groups in total. The summed E-state index contributed by atoms with van der Waals surface area (Å²) in [4.78, 5) is 0.121. The SMILES string of the molecule is CC1=NS(=O)(=O)c2cccc(Cl)c2N1. The van der Waals surface area contributed by atoms with Crippen LogP contribution >= 0.6 is 11.6 Å². The maximum Gasteiger partial charge on any atom is 0.286 e. The molecule has 1 heterocycles. The van der Waals surface area contributed by atoms with Gasteiger partial charge in [-0.1, -0.05) is 17.7 Å². The van der Waals surface area contributed by atoms with Crippen molar-refractivity contribution in [3.05, 3.63) is 23.2 Å². The Balaban J connectivity index is 2.78. The molecular weight excluding hydrogens is 224 g/mol. The van der Waals surface area contributed by atoms with E-state index in [4.69, 9.17) is 11.6 Å². The molecule has 0 aromatic heterocycles. The van der Waals surface area contributed by atoms with E-state index >= 15 is 0 Å². The van der Waals surface area contributed by atoms with Crippen LogP contribution in [0.1, 0.15) is 6.92 Å². The molecule has 0 spiro atoms. The number of hydrogen-bond donors (Lipinski definition) is 1. The van der Waals surface area contributed by atoms with E-state index in [2.05, 4.69) is 9.71 Å². The van der Waals surface area contributed by atoms with Crippen LogP contribution in [0.3, 0.4) is 0 Å². The second kappa shape index (κ2) is 2.96. The van der Waals surface area contributed by atoms with Gasteiger partial charge < -0.3 is 5.32 Å². The molecule has 74 valence electrons. The highest BCUT2D eigenvalue weighted by Crippen LogP contribution is 2.33. The Morgan fingerprint density at radius 1 is 1.43 bits per heavy atom. The maximum absolute atomic E-state index is 11.5. The lowest BCUT2D eigenvalue weighted by Gasteiger charge is -2.16. The van der Waals surface area contributed by atoms with E-state index < -0.39 is 10.0 Å². The van der Waals surface area contributed by atoms with Crippen molar-refractivity contribution < 1.29 is 8.42 Å². The minimum Gasteiger partial charge on any atom is -0.341 e. The van der Waals surface area contributed by atoms with Crippen molar-refractivity contribution in [2.45, 2.75) is 11.8 Å². The maximum atomic E-state index is 11.5. The third kappa shape index (κ3) is 1.38. The minimum absolute atomic E-state index is 0.121. The first-order valence-corrected chi connectivity index (χ1v) is 5.69. The van der Waals surface area contributed by atoms with Gasteiger partial charge in [0.15, 0.2) is 0 Å². The number of nitrogens with one attached hydrogen (secondary N) is 1. The number of benzene rings is 1. The zero-order chi connectivity index (χ0) is 10.3. The highest BCUT2D eigenvalue weighted by molar-refractivity contribution is 7.90. The van der Waals surface area contributed by atoms with E-state index in [-0.39, 0.29) is 4.90 Å². The Morgan fingerprint density at radius 2 is 2.14 bits per heavy atom. The van der Waals surface area contributed by atoms with Gasteiger partial charge in [-0.05, 0) is 19.1 Å². The first-order valence-electron chi connectivity index (χ1n) is 3.88. The standard InChI is InChI=1S/C8H7ClN2O2S/c1-5-10-8-6(9)3-2-4-7(8)14(12,13)11-5/h2-4H,1H3,(H,10,11). The zero-order valence-corrected chi connectivity index (χ0v) is 8.85. The summed E-state index contributed by atoms with van der Waals surface area (Å²) in [5.74, 6) is 0.325. The van der Waals surface area contributed by atoms with Crippen LogP contribution in [0.4, 0.5) is 5.69 Å². The van der Waals surface area contributed by atoms with E-state index in [1.54, 1.807) is 19.1 Å². The predicted octanol–water partition coefficient (Wildman–Crippen LogP) is 1.87. The lowest BCUT2D eigenvalue weighted by Crippen LogP contribution is -2.18. The third-order valence-corrected chi connectivity index (χ3v) is 3.54. The average molecular weight is 231 g/mol. The first kappa shape index (κ1) is 9.48.